The van der Waals surface area contributed by atoms with Crippen molar-refractivity contribution in [3.05, 3.63) is 33.9 Å². The zero-order valence-corrected chi connectivity index (χ0v) is 13.4. The van der Waals surface area contributed by atoms with Crippen molar-refractivity contribution in [1.82, 2.24) is 5.32 Å². The van der Waals surface area contributed by atoms with Crippen molar-refractivity contribution in [2.45, 2.75) is 38.4 Å². The molecule has 7 heteroatoms. The van der Waals surface area contributed by atoms with Crippen molar-refractivity contribution in [3.63, 3.8) is 0 Å². The van der Waals surface area contributed by atoms with Crippen LogP contribution in [-0.2, 0) is 16.0 Å². The first-order valence-electron chi connectivity index (χ1n) is 7.84. The van der Waals surface area contributed by atoms with Crippen LogP contribution in [0.3, 0.4) is 0 Å². The van der Waals surface area contributed by atoms with Crippen LogP contribution in [0.1, 0.15) is 25.8 Å². The Balaban J connectivity index is 1.74. The molecule has 1 saturated heterocycles. The number of amides is 1. The Labute approximate surface area is 134 Å². The van der Waals surface area contributed by atoms with Crippen molar-refractivity contribution >= 4 is 17.3 Å². The van der Waals surface area contributed by atoms with Crippen LogP contribution < -0.4 is 10.2 Å². The lowest BCUT2D eigenvalue weighted by molar-refractivity contribution is -0.384. The molecule has 0 bridgehead atoms. The standard InChI is InChI=1S/C16H21N3O4/c1-11-9-17-10-16(2,23-11)8-15(20)18-6-5-12-7-13(19(21)22)3-4-14(12)18/h3-4,7,11,17H,5-6,8-10H2,1-2H3. The number of carbonyl (C=O) groups is 1. The Hall–Kier alpha value is -1.99. The summed E-state index contributed by atoms with van der Waals surface area (Å²) in [5.41, 5.74) is 1.19. The minimum absolute atomic E-state index is 0.00370. The first-order chi connectivity index (χ1) is 10.9. The fraction of sp³-hybridized carbons (Fsp3) is 0.562. The Bertz CT molecular complexity index is 648. The van der Waals surface area contributed by atoms with E-state index in [1.54, 1.807) is 17.0 Å². The summed E-state index contributed by atoms with van der Waals surface area (Å²) in [5, 5.41) is 14.1. The van der Waals surface area contributed by atoms with Gasteiger partial charge in [-0.25, -0.2) is 0 Å². The van der Waals surface area contributed by atoms with Crippen LogP contribution in [0.15, 0.2) is 18.2 Å². The van der Waals surface area contributed by atoms with Crippen LogP contribution >= 0.6 is 0 Å². The van der Waals surface area contributed by atoms with Crippen LogP contribution in [0.25, 0.3) is 0 Å². The highest BCUT2D eigenvalue weighted by Gasteiger charge is 2.36. The lowest BCUT2D eigenvalue weighted by Gasteiger charge is -2.38. The number of carbonyl (C=O) groups excluding carboxylic acids is 1. The maximum absolute atomic E-state index is 12.7. The number of morpholine rings is 1. The second-order valence-electron chi connectivity index (χ2n) is 6.55. The van der Waals surface area contributed by atoms with Crippen LogP contribution in [0, 0.1) is 10.1 Å². The molecule has 2 atom stereocenters. The number of fused-ring (bicyclic) bond motifs is 1. The van der Waals surface area contributed by atoms with E-state index in [0.717, 1.165) is 17.8 Å². The smallest absolute Gasteiger partial charge is 0.269 e. The van der Waals surface area contributed by atoms with E-state index in [9.17, 15) is 14.9 Å². The van der Waals surface area contributed by atoms with Crippen LogP contribution in [0.4, 0.5) is 11.4 Å². The van der Waals surface area contributed by atoms with Gasteiger partial charge in [-0.3, -0.25) is 14.9 Å². The topological polar surface area (TPSA) is 84.7 Å². The van der Waals surface area contributed by atoms with E-state index in [2.05, 4.69) is 5.32 Å². The van der Waals surface area contributed by atoms with Crippen molar-refractivity contribution in [2.24, 2.45) is 0 Å². The third-order valence-electron chi connectivity index (χ3n) is 4.41. The number of non-ortho nitro benzene ring substituents is 1. The molecular weight excluding hydrogens is 298 g/mol. The van der Waals surface area contributed by atoms with Gasteiger partial charge in [0.25, 0.3) is 5.69 Å². The normalized spacial score (nSPS) is 26.9. The summed E-state index contributed by atoms with van der Waals surface area (Å²) in [4.78, 5) is 24.9. The van der Waals surface area contributed by atoms with Gasteiger partial charge in [0.2, 0.25) is 5.91 Å². The van der Waals surface area contributed by atoms with Crippen molar-refractivity contribution in [2.75, 3.05) is 24.5 Å². The summed E-state index contributed by atoms with van der Waals surface area (Å²) in [7, 11) is 0. The summed E-state index contributed by atoms with van der Waals surface area (Å²) in [5.74, 6) is -0.00370. The minimum Gasteiger partial charge on any atom is -0.369 e. The van der Waals surface area contributed by atoms with Gasteiger partial charge < -0.3 is 15.0 Å². The number of nitrogens with one attached hydrogen (secondary N) is 1. The first-order valence-corrected chi connectivity index (χ1v) is 7.84. The maximum Gasteiger partial charge on any atom is 0.269 e. The predicted molar refractivity (Wildman–Crippen MR) is 85.6 cm³/mol. The Morgan fingerprint density at radius 3 is 3.04 bits per heavy atom. The average Bonchev–Trinajstić information content (AvgIpc) is 2.89. The largest absolute Gasteiger partial charge is 0.369 e. The SMILES string of the molecule is CC1CNCC(C)(CC(=O)N2CCc3cc([N+](=O)[O-])ccc32)O1. The Kier molecular flexibility index (Phi) is 4.08. The first kappa shape index (κ1) is 15.9. The number of hydrogen-bond acceptors (Lipinski definition) is 5. The second kappa shape index (κ2) is 5.90. The third kappa shape index (κ3) is 3.20. The molecule has 124 valence electrons. The molecule has 1 N–H and O–H groups in total. The number of anilines is 1. The van der Waals surface area contributed by atoms with Crippen LogP contribution in [0.2, 0.25) is 0 Å². The number of ether oxygens (including phenoxy) is 1. The molecule has 23 heavy (non-hydrogen) atoms. The summed E-state index contributed by atoms with van der Waals surface area (Å²) >= 11 is 0. The zero-order valence-electron chi connectivity index (χ0n) is 13.4. The fourth-order valence-corrected chi connectivity index (χ4v) is 3.39. The van der Waals surface area contributed by atoms with E-state index in [1.165, 1.54) is 6.07 Å². The molecule has 2 heterocycles. The van der Waals surface area contributed by atoms with Gasteiger partial charge in [-0.15, -0.1) is 0 Å². The molecular formula is C16H21N3O4. The van der Waals surface area contributed by atoms with Crippen molar-refractivity contribution < 1.29 is 14.5 Å². The van der Waals surface area contributed by atoms with Gasteiger partial charge in [0.1, 0.15) is 0 Å². The number of hydrogen-bond donors (Lipinski definition) is 1. The fourth-order valence-electron chi connectivity index (χ4n) is 3.39. The van der Waals surface area contributed by atoms with Gasteiger partial charge in [-0.1, -0.05) is 0 Å². The van der Waals surface area contributed by atoms with E-state index >= 15 is 0 Å². The van der Waals surface area contributed by atoms with Gasteiger partial charge in [0, 0.05) is 37.5 Å². The van der Waals surface area contributed by atoms with E-state index in [0.29, 0.717) is 25.9 Å². The molecule has 1 aromatic rings. The summed E-state index contributed by atoms with van der Waals surface area (Å²) in [6.07, 6.45) is 1.02. The molecule has 0 aromatic heterocycles. The molecule has 0 radical (unpaired) electrons. The molecule has 0 spiro atoms. The lowest BCUT2D eigenvalue weighted by atomic mass is 9.98. The minimum atomic E-state index is -0.516. The number of nitro groups is 1. The Morgan fingerprint density at radius 2 is 2.35 bits per heavy atom. The van der Waals surface area contributed by atoms with Gasteiger partial charge >= 0.3 is 0 Å². The highest BCUT2D eigenvalue weighted by atomic mass is 16.6. The van der Waals surface area contributed by atoms with Crippen molar-refractivity contribution in [3.8, 4) is 0 Å². The highest BCUT2D eigenvalue weighted by Crippen LogP contribution is 2.33. The summed E-state index contributed by atoms with van der Waals surface area (Å²) in [6.45, 7) is 5.93. The predicted octanol–water partition coefficient (Wildman–Crippen LogP) is 1.64. The van der Waals surface area contributed by atoms with Gasteiger partial charge in [0.05, 0.1) is 23.0 Å². The van der Waals surface area contributed by atoms with E-state index in [1.807, 2.05) is 13.8 Å². The molecule has 1 aromatic carbocycles. The van der Waals surface area contributed by atoms with E-state index in [-0.39, 0.29) is 17.7 Å². The van der Waals surface area contributed by atoms with Crippen molar-refractivity contribution in [1.29, 1.82) is 0 Å². The molecule has 0 aliphatic carbocycles. The maximum atomic E-state index is 12.7. The molecule has 1 fully saturated rings. The molecule has 0 saturated carbocycles. The Morgan fingerprint density at radius 1 is 1.57 bits per heavy atom. The summed E-state index contributed by atoms with van der Waals surface area (Å²) in [6, 6.07) is 4.68. The third-order valence-corrected chi connectivity index (χ3v) is 4.41. The molecule has 3 rings (SSSR count). The number of nitro benzene ring substituents is 1. The number of rotatable bonds is 3. The highest BCUT2D eigenvalue weighted by molar-refractivity contribution is 5.96. The van der Waals surface area contributed by atoms with E-state index in [4.69, 9.17) is 4.74 Å². The number of nitrogens with zero attached hydrogens (tertiary/aromatic N) is 2. The zero-order chi connectivity index (χ0) is 16.6. The monoisotopic (exact) mass is 319 g/mol. The molecule has 2 aliphatic heterocycles. The quantitative estimate of drug-likeness (QED) is 0.676. The van der Waals surface area contributed by atoms with Crippen LogP contribution in [-0.4, -0.2) is 42.2 Å². The molecule has 2 unspecified atom stereocenters. The van der Waals surface area contributed by atoms with E-state index < -0.39 is 10.5 Å². The molecule has 7 nitrogen and oxygen atoms in total. The second-order valence-corrected chi connectivity index (χ2v) is 6.55. The lowest BCUT2D eigenvalue weighted by Crippen LogP contribution is -2.53. The number of benzene rings is 1. The average molecular weight is 319 g/mol. The van der Waals surface area contributed by atoms with Gasteiger partial charge in [-0.2, -0.15) is 0 Å². The summed E-state index contributed by atoms with van der Waals surface area (Å²) < 4.78 is 5.94. The van der Waals surface area contributed by atoms with Crippen LogP contribution in [0.5, 0.6) is 0 Å². The molecule has 1 amide bonds. The molecule has 2 aliphatic rings. The van der Waals surface area contributed by atoms with Gasteiger partial charge in [0.15, 0.2) is 0 Å². The van der Waals surface area contributed by atoms with Gasteiger partial charge in [-0.05, 0) is 31.9 Å².